The zero-order valence-corrected chi connectivity index (χ0v) is 16.5. The molecule has 0 spiro atoms. The van der Waals surface area contributed by atoms with Gasteiger partial charge < -0.3 is 4.74 Å². The molecule has 0 aliphatic rings. The highest BCUT2D eigenvalue weighted by Crippen LogP contribution is 2.35. The first kappa shape index (κ1) is 18.8. The fraction of sp³-hybridized carbons (Fsp3) is 0.250. The SMILES string of the molecule is CCOC(=O)c1c(/N=C/c2c(C)[nH]n(-c3ccccc3)c2=O)sc(C)c1C. The molecule has 0 saturated carbocycles. The third kappa shape index (κ3) is 3.64. The number of nitrogens with zero attached hydrogens (tertiary/aromatic N) is 2. The second-order valence-corrected chi connectivity index (χ2v) is 7.27. The zero-order valence-electron chi connectivity index (χ0n) is 15.7. The summed E-state index contributed by atoms with van der Waals surface area (Å²) in [6.07, 6.45) is 1.51. The quantitative estimate of drug-likeness (QED) is 0.533. The molecule has 2 aromatic heterocycles. The lowest BCUT2D eigenvalue weighted by Gasteiger charge is -2.02. The van der Waals surface area contributed by atoms with Crippen LogP contribution in [0.4, 0.5) is 5.00 Å². The van der Waals surface area contributed by atoms with Gasteiger partial charge in [0, 0.05) is 16.8 Å². The average Bonchev–Trinajstić information content (AvgIpc) is 3.10. The number of para-hydroxylation sites is 1. The molecule has 2 heterocycles. The molecule has 27 heavy (non-hydrogen) atoms. The van der Waals surface area contributed by atoms with Crippen molar-refractivity contribution in [3.8, 4) is 5.69 Å². The van der Waals surface area contributed by atoms with E-state index in [1.807, 2.05) is 51.1 Å². The lowest BCUT2D eigenvalue weighted by atomic mass is 10.1. The fourth-order valence-corrected chi connectivity index (χ4v) is 3.73. The maximum Gasteiger partial charge on any atom is 0.341 e. The second kappa shape index (κ2) is 7.75. The van der Waals surface area contributed by atoms with Gasteiger partial charge in [-0.25, -0.2) is 14.5 Å². The molecule has 6 nitrogen and oxygen atoms in total. The van der Waals surface area contributed by atoms with Crippen molar-refractivity contribution in [2.45, 2.75) is 27.7 Å². The van der Waals surface area contributed by atoms with Gasteiger partial charge in [0.25, 0.3) is 5.56 Å². The largest absolute Gasteiger partial charge is 0.462 e. The Bertz CT molecular complexity index is 1060. The molecule has 0 radical (unpaired) electrons. The summed E-state index contributed by atoms with van der Waals surface area (Å²) in [4.78, 5) is 30.5. The van der Waals surface area contributed by atoms with Crippen molar-refractivity contribution in [2.75, 3.05) is 6.61 Å². The van der Waals surface area contributed by atoms with Crippen LogP contribution in [-0.2, 0) is 4.74 Å². The average molecular weight is 383 g/mol. The lowest BCUT2D eigenvalue weighted by molar-refractivity contribution is 0.0527. The smallest absolute Gasteiger partial charge is 0.341 e. The maximum absolute atomic E-state index is 12.8. The van der Waals surface area contributed by atoms with Gasteiger partial charge in [-0.1, -0.05) is 18.2 Å². The molecule has 0 atom stereocenters. The molecule has 1 N–H and O–H groups in total. The van der Waals surface area contributed by atoms with E-state index in [-0.39, 0.29) is 11.5 Å². The molecule has 7 heteroatoms. The first-order valence-corrected chi connectivity index (χ1v) is 9.43. The highest BCUT2D eigenvalue weighted by Gasteiger charge is 2.20. The van der Waals surface area contributed by atoms with Gasteiger partial charge in [0.05, 0.1) is 23.4 Å². The molecule has 3 rings (SSSR count). The Balaban J connectivity index is 2.01. The van der Waals surface area contributed by atoms with Crippen LogP contribution >= 0.6 is 11.3 Å². The van der Waals surface area contributed by atoms with Crippen LogP contribution in [0.3, 0.4) is 0 Å². The van der Waals surface area contributed by atoms with E-state index >= 15 is 0 Å². The minimum atomic E-state index is -0.390. The van der Waals surface area contributed by atoms with Crippen molar-refractivity contribution in [1.82, 2.24) is 9.78 Å². The van der Waals surface area contributed by atoms with Crippen LogP contribution in [0.25, 0.3) is 5.69 Å². The Morgan fingerprint density at radius 2 is 1.96 bits per heavy atom. The van der Waals surface area contributed by atoms with Crippen molar-refractivity contribution in [1.29, 1.82) is 0 Å². The summed E-state index contributed by atoms with van der Waals surface area (Å²) in [5, 5.41) is 3.62. The summed E-state index contributed by atoms with van der Waals surface area (Å²) in [6.45, 7) is 7.70. The van der Waals surface area contributed by atoms with Gasteiger partial charge >= 0.3 is 5.97 Å². The molecule has 140 valence electrons. The minimum Gasteiger partial charge on any atom is -0.462 e. The van der Waals surface area contributed by atoms with Crippen molar-refractivity contribution in [3.05, 3.63) is 67.9 Å². The standard InChI is InChI=1S/C20H21N3O3S/c1-5-26-20(25)17-12(2)14(4)27-18(17)21-11-16-13(3)22-23(19(16)24)15-9-7-6-8-10-15/h6-11,22H,5H2,1-4H3/b21-11+. The fourth-order valence-electron chi connectivity index (χ4n) is 2.74. The van der Waals surface area contributed by atoms with Gasteiger partial charge in [0.1, 0.15) is 5.00 Å². The topological polar surface area (TPSA) is 76.4 Å². The van der Waals surface area contributed by atoms with E-state index < -0.39 is 0 Å². The van der Waals surface area contributed by atoms with Crippen LogP contribution < -0.4 is 5.56 Å². The lowest BCUT2D eigenvalue weighted by Crippen LogP contribution is -2.17. The summed E-state index contributed by atoms with van der Waals surface area (Å²) in [5.41, 5.74) is 3.04. The van der Waals surface area contributed by atoms with Gasteiger partial charge in [-0.05, 0) is 45.4 Å². The Kier molecular flexibility index (Phi) is 5.41. The number of aliphatic imine (C=N–C) groups is 1. The van der Waals surface area contributed by atoms with E-state index in [1.54, 1.807) is 6.92 Å². The van der Waals surface area contributed by atoms with E-state index in [2.05, 4.69) is 10.1 Å². The third-order valence-electron chi connectivity index (χ3n) is 4.29. The Morgan fingerprint density at radius 1 is 1.26 bits per heavy atom. The van der Waals surface area contributed by atoms with Gasteiger partial charge in [0.15, 0.2) is 0 Å². The van der Waals surface area contributed by atoms with E-state index in [1.165, 1.54) is 22.2 Å². The summed E-state index contributed by atoms with van der Waals surface area (Å²) >= 11 is 1.41. The number of ether oxygens (including phenoxy) is 1. The number of thiophene rings is 1. The van der Waals surface area contributed by atoms with Crippen molar-refractivity contribution in [3.63, 3.8) is 0 Å². The number of esters is 1. The van der Waals surface area contributed by atoms with Gasteiger partial charge in [-0.2, -0.15) is 0 Å². The molecular formula is C20H21N3O3S. The first-order valence-electron chi connectivity index (χ1n) is 8.62. The Labute approximate surface area is 161 Å². The Hall–Kier alpha value is -2.93. The normalized spacial score (nSPS) is 11.3. The summed E-state index contributed by atoms with van der Waals surface area (Å²) in [5.74, 6) is -0.390. The molecule has 0 aliphatic carbocycles. The number of aromatic amines is 1. The third-order valence-corrected chi connectivity index (χ3v) is 5.40. The summed E-state index contributed by atoms with van der Waals surface area (Å²) < 4.78 is 6.63. The number of aryl methyl sites for hydroxylation is 2. The van der Waals surface area contributed by atoms with Crippen LogP contribution in [0.1, 0.15) is 39.0 Å². The van der Waals surface area contributed by atoms with Crippen LogP contribution in [0.15, 0.2) is 40.1 Å². The Morgan fingerprint density at radius 3 is 2.63 bits per heavy atom. The molecule has 0 bridgehead atoms. The first-order chi connectivity index (χ1) is 12.9. The number of hydrogen-bond donors (Lipinski definition) is 1. The molecule has 1 aromatic carbocycles. The molecule has 3 aromatic rings. The number of hydrogen-bond acceptors (Lipinski definition) is 5. The molecular weight excluding hydrogens is 362 g/mol. The van der Waals surface area contributed by atoms with Gasteiger partial charge in [-0.15, -0.1) is 11.3 Å². The number of carbonyl (C=O) groups is 1. The van der Waals surface area contributed by atoms with Crippen molar-refractivity contribution < 1.29 is 9.53 Å². The van der Waals surface area contributed by atoms with Crippen molar-refractivity contribution >= 4 is 28.5 Å². The van der Waals surface area contributed by atoms with E-state index in [9.17, 15) is 9.59 Å². The predicted molar refractivity (Wildman–Crippen MR) is 108 cm³/mol. The monoisotopic (exact) mass is 383 g/mol. The van der Waals surface area contributed by atoms with Gasteiger partial charge in [0.2, 0.25) is 0 Å². The zero-order chi connectivity index (χ0) is 19.6. The second-order valence-electron chi connectivity index (χ2n) is 6.07. The number of rotatable bonds is 5. The number of aromatic nitrogens is 2. The molecule has 0 unspecified atom stereocenters. The number of carbonyl (C=O) groups excluding carboxylic acids is 1. The molecule has 0 fully saturated rings. The van der Waals surface area contributed by atoms with Crippen LogP contribution in [0.5, 0.6) is 0 Å². The number of nitrogens with one attached hydrogen (secondary N) is 1. The molecule has 0 amide bonds. The van der Waals surface area contributed by atoms with Crippen molar-refractivity contribution in [2.24, 2.45) is 4.99 Å². The van der Waals surface area contributed by atoms with E-state index in [0.29, 0.717) is 28.4 Å². The number of benzene rings is 1. The van der Waals surface area contributed by atoms with Crippen LogP contribution in [0.2, 0.25) is 0 Å². The summed E-state index contributed by atoms with van der Waals surface area (Å²) in [6, 6.07) is 9.33. The summed E-state index contributed by atoms with van der Waals surface area (Å²) in [7, 11) is 0. The van der Waals surface area contributed by atoms with Crippen LogP contribution in [0, 0.1) is 20.8 Å². The highest BCUT2D eigenvalue weighted by atomic mass is 32.1. The minimum absolute atomic E-state index is 0.190. The van der Waals surface area contributed by atoms with Gasteiger partial charge in [-0.3, -0.25) is 9.89 Å². The molecule has 0 aliphatic heterocycles. The van der Waals surface area contributed by atoms with Crippen LogP contribution in [-0.4, -0.2) is 28.6 Å². The van der Waals surface area contributed by atoms with E-state index in [4.69, 9.17) is 4.74 Å². The predicted octanol–water partition coefficient (Wildman–Crippen LogP) is 4.08. The maximum atomic E-state index is 12.8. The highest BCUT2D eigenvalue weighted by molar-refractivity contribution is 7.16. The molecule has 0 saturated heterocycles. The van der Waals surface area contributed by atoms with E-state index in [0.717, 1.165) is 16.1 Å². The number of H-pyrrole nitrogens is 1.